The number of hydrogen-bond acceptors (Lipinski definition) is 8. The maximum atomic E-state index is 13.5. The number of amides is 3. The lowest BCUT2D eigenvalue weighted by Crippen LogP contribution is -2.37. The second-order valence-corrected chi connectivity index (χ2v) is 8.85. The molecule has 0 saturated carbocycles. The quantitative estimate of drug-likeness (QED) is 0.198. The third-order valence-electron chi connectivity index (χ3n) is 5.68. The van der Waals surface area contributed by atoms with Crippen molar-refractivity contribution < 1.29 is 19.1 Å². The Balaban J connectivity index is 1.98. The molecule has 1 aliphatic heterocycles. The zero-order chi connectivity index (χ0) is 28.4. The lowest BCUT2D eigenvalue weighted by Gasteiger charge is -2.22. The monoisotopic (exact) mass is 555 g/mol. The topological polar surface area (TPSA) is 189 Å². The van der Waals surface area contributed by atoms with E-state index in [2.05, 4.69) is 31.3 Å². The Labute approximate surface area is 230 Å². The average molecular weight is 556 g/mol. The molecule has 3 rings (SSSR count). The van der Waals surface area contributed by atoms with Gasteiger partial charge in [0.25, 0.3) is 5.91 Å². The molecule has 13 nitrogen and oxygen atoms in total. The second kappa shape index (κ2) is 13.9. The van der Waals surface area contributed by atoms with Crippen molar-refractivity contribution in [3.8, 4) is 11.1 Å². The van der Waals surface area contributed by atoms with Crippen molar-refractivity contribution in [1.82, 2.24) is 4.90 Å². The largest absolute Gasteiger partial charge is 0.450 e. The molecule has 3 amide bonds. The smallest absolute Gasteiger partial charge is 0.411 e. The molecule has 0 spiro atoms. The second-order valence-electron chi connectivity index (χ2n) is 8.44. The molecule has 0 aromatic heterocycles. The normalized spacial score (nSPS) is 14.7. The van der Waals surface area contributed by atoms with Crippen molar-refractivity contribution >= 4 is 47.0 Å². The van der Waals surface area contributed by atoms with E-state index in [1.165, 1.54) is 4.90 Å². The summed E-state index contributed by atoms with van der Waals surface area (Å²) in [5.74, 6) is 9.30. The summed E-state index contributed by atoms with van der Waals surface area (Å²) in [6.07, 6.45) is 1.34. The Morgan fingerprint density at radius 2 is 1.95 bits per heavy atom. The molecule has 1 heterocycles. The van der Waals surface area contributed by atoms with E-state index in [1.54, 1.807) is 31.2 Å². The molecular weight excluding hydrogens is 526 g/mol. The van der Waals surface area contributed by atoms with Crippen LogP contribution < -0.4 is 22.3 Å². The number of carbonyl (C=O) groups excluding carboxylic acids is 3. The van der Waals surface area contributed by atoms with Crippen LogP contribution in [0.5, 0.6) is 0 Å². The van der Waals surface area contributed by atoms with E-state index in [-0.39, 0.29) is 25.5 Å². The Morgan fingerprint density at radius 1 is 1.15 bits per heavy atom. The van der Waals surface area contributed by atoms with Crippen molar-refractivity contribution in [3.05, 3.63) is 52.6 Å². The van der Waals surface area contributed by atoms with Crippen LogP contribution in [0.2, 0.25) is 5.02 Å². The fourth-order valence-electron chi connectivity index (χ4n) is 4.06. The first-order chi connectivity index (χ1) is 18.8. The summed E-state index contributed by atoms with van der Waals surface area (Å²) in [7, 11) is 0. The van der Waals surface area contributed by atoms with Gasteiger partial charge in [-0.05, 0) is 54.8 Å². The number of anilines is 2. The first-order valence-corrected chi connectivity index (χ1v) is 12.5. The van der Waals surface area contributed by atoms with Gasteiger partial charge in [0.1, 0.15) is 12.7 Å². The molecule has 39 heavy (non-hydrogen) atoms. The van der Waals surface area contributed by atoms with Gasteiger partial charge in [-0.1, -0.05) is 46.2 Å². The fourth-order valence-corrected chi connectivity index (χ4v) is 4.35. The SMILES string of the molecule is CCCN(CC(=O)N=NN)C(=O)C1=Cc2cc(-c3ccc(NC(=O)OCC)cc3Cl)ccc2NC(N=NN)C1. The highest BCUT2D eigenvalue weighted by molar-refractivity contribution is 6.33. The Morgan fingerprint density at radius 3 is 2.62 bits per heavy atom. The number of benzene rings is 2. The van der Waals surface area contributed by atoms with Gasteiger partial charge in [-0.3, -0.25) is 14.9 Å². The highest BCUT2D eigenvalue weighted by Crippen LogP contribution is 2.35. The minimum absolute atomic E-state index is 0.172. The predicted octanol–water partition coefficient (Wildman–Crippen LogP) is 4.52. The summed E-state index contributed by atoms with van der Waals surface area (Å²) >= 11 is 6.55. The lowest BCUT2D eigenvalue weighted by atomic mass is 10.00. The predicted molar refractivity (Wildman–Crippen MR) is 148 cm³/mol. The highest BCUT2D eigenvalue weighted by atomic mass is 35.5. The van der Waals surface area contributed by atoms with Crippen molar-refractivity contribution in [2.75, 3.05) is 30.3 Å². The van der Waals surface area contributed by atoms with Crippen molar-refractivity contribution in [3.63, 3.8) is 0 Å². The first kappa shape index (κ1) is 29.0. The van der Waals surface area contributed by atoms with Crippen LogP contribution in [0, 0.1) is 0 Å². The number of rotatable bonds is 9. The third kappa shape index (κ3) is 7.74. The number of ether oxygens (including phenoxy) is 1. The molecule has 2 aromatic carbocycles. The Kier molecular flexibility index (Phi) is 10.3. The van der Waals surface area contributed by atoms with Crippen LogP contribution in [0.3, 0.4) is 0 Å². The molecule has 1 atom stereocenters. The zero-order valence-corrected chi connectivity index (χ0v) is 22.3. The number of hydrogen-bond donors (Lipinski definition) is 4. The van der Waals surface area contributed by atoms with E-state index in [1.807, 2.05) is 25.1 Å². The van der Waals surface area contributed by atoms with Crippen LogP contribution in [-0.4, -0.2) is 48.7 Å². The summed E-state index contributed by atoms with van der Waals surface area (Å²) in [5.41, 5.74) is 3.76. The van der Waals surface area contributed by atoms with Gasteiger partial charge in [0.05, 0.1) is 11.6 Å². The molecule has 0 radical (unpaired) electrons. The van der Waals surface area contributed by atoms with Gasteiger partial charge < -0.3 is 26.6 Å². The minimum Gasteiger partial charge on any atom is -0.450 e. The van der Waals surface area contributed by atoms with E-state index in [0.717, 1.165) is 5.56 Å². The van der Waals surface area contributed by atoms with Crippen LogP contribution in [0.4, 0.5) is 16.2 Å². The number of nitrogens with zero attached hydrogens (tertiary/aromatic N) is 5. The number of nitrogens with two attached hydrogens (primary N) is 2. The van der Waals surface area contributed by atoms with Gasteiger partial charge in [0.15, 0.2) is 0 Å². The van der Waals surface area contributed by atoms with Crippen molar-refractivity contribution in [1.29, 1.82) is 0 Å². The minimum atomic E-state index is -0.636. The van der Waals surface area contributed by atoms with E-state index >= 15 is 0 Å². The summed E-state index contributed by atoms with van der Waals surface area (Å²) in [5, 5.41) is 20.0. The Bertz CT molecular complexity index is 1310. The lowest BCUT2D eigenvalue weighted by molar-refractivity contribution is -0.132. The van der Waals surface area contributed by atoms with Gasteiger partial charge in [-0.25, -0.2) is 4.79 Å². The van der Waals surface area contributed by atoms with Crippen molar-refractivity contribution in [2.45, 2.75) is 32.9 Å². The third-order valence-corrected chi connectivity index (χ3v) is 5.99. The fraction of sp³-hybridized carbons (Fsp3) is 0.320. The average Bonchev–Trinajstić information content (AvgIpc) is 3.07. The maximum absolute atomic E-state index is 13.5. The maximum Gasteiger partial charge on any atom is 0.411 e. The summed E-state index contributed by atoms with van der Waals surface area (Å²) in [6.45, 7) is 3.91. The van der Waals surface area contributed by atoms with Crippen LogP contribution in [0.25, 0.3) is 17.2 Å². The molecule has 2 aromatic rings. The van der Waals surface area contributed by atoms with E-state index in [9.17, 15) is 14.4 Å². The number of fused-ring (bicyclic) bond motifs is 1. The van der Waals surface area contributed by atoms with Crippen LogP contribution in [-0.2, 0) is 14.3 Å². The molecule has 0 saturated heterocycles. The molecular formula is C25H30ClN9O4. The van der Waals surface area contributed by atoms with Gasteiger partial charge >= 0.3 is 6.09 Å². The Hall–Kier alpha value is -4.52. The summed E-state index contributed by atoms with van der Waals surface area (Å²) in [4.78, 5) is 38.7. The van der Waals surface area contributed by atoms with Gasteiger partial charge in [-0.15, -0.1) is 5.11 Å². The first-order valence-electron chi connectivity index (χ1n) is 12.2. The standard InChI is InChI=1S/C25H30ClN9O4/c1-3-9-35(14-23(36)32-34-28)24(37)17-11-16-10-15(5-8-21(16)30-22(12-17)31-33-27)19-7-6-18(13-20(19)26)29-25(38)39-4-2/h5-8,10-11,13,22,30H,3-4,9,12,14H2,1-2H3,(H2,27,31)(H,29,38)(H2,28,32,36). The number of nitrogens with one attached hydrogen (secondary N) is 2. The van der Waals surface area contributed by atoms with Gasteiger partial charge in [-0.2, -0.15) is 0 Å². The van der Waals surface area contributed by atoms with Crippen LogP contribution in [0.15, 0.2) is 62.6 Å². The summed E-state index contributed by atoms with van der Waals surface area (Å²) < 4.78 is 4.90. The van der Waals surface area contributed by atoms with Crippen molar-refractivity contribution in [2.24, 2.45) is 32.4 Å². The molecule has 14 heteroatoms. The molecule has 6 N–H and O–H groups in total. The molecule has 0 aliphatic carbocycles. The molecule has 206 valence electrons. The number of carbonyl (C=O) groups is 3. The highest BCUT2D eigenvalue weighted by Gasteiger charge is 2.26. The van der Waals surface area contributed by atoms with Crippen LogP contribution >= 0.6 is 11.6 Å². The molecule has 0 fully saturated rings. The molecule has 1 aliphatic rings. The van der Waals surface area contributed by atoms with Gasteiger partial charge in [0, 0.05) is 35.5 Å². The van der Waals surface area contributed by atoms with Crippen LogP contribution in [0.1, 0.15) is 32.3 Å². The molecule has 0 bridgehead atoms. The summed E-state index contributed by atoms with van der Waals surface area (Å²) in [6, 6.07) is 10.7. The van der Waals surface area contributed by atoms with E-state index in [0.29, 0.717) is 46.1 Å². The van der Waals surface area contributed by atoms with E-state index in [4.69, 9.17) is 28.0 Å². The zero-order valence-electron chi connectivity index (χ0n) is 21.6. The molecule has 1 unspecified atom stereocenters. The number of halogens is 1. The van der Waals surface area contributed by atoms with Gasteiger partial charge in [0.2, 0.25) is 5.91 Å². The van der Waals surface area contributed by atoms with E-state index < -0.39 is 18.2 Å².